The molecule has 0 aliphatic rings. The SMILES string of the molecule is [B]c1ccc(C(=C(c2ccc(OC)cc2)c2ccc(OC)cc2)c2ccccc2)cc1. The number of hydrogen-bond acceptors (Lipinski definition) is 2. The fraction of sp³-hybridized carbons (Fsp3) is 0.0714. The highest BCUT2D eigenvalue weighted by Crippen LogP contribution is 2.37. The second-order valence-electron chi connectivity index (χ2n) is 7.20. The second-order valence-corrected chi connectivity index (χ2v) is 7.20. The summed E-state index contributed by atoms with van der Waals surface area (Å²) in [6.07, 6.45) is 0. The number of hydrogen-bond donors (Lipinski definition) is 0. The number of benzene rings is 4. The van der Waals surface area contributed by atoms with Gasteiger partial charge in [0.2, 0.25) is 0 Å². The Bertz CT molecular complexity index is 1110. The first-order valence-corrected chi connectivity index (χ1v) is 10.1. The maximum atomic E-state index is 5.98. The summed E-state index contributed by atoms with van der Waals surface area (Å²) in [7, 11) is 9.34. The molecule has 4 aromatic carbocycles. The molecule has 31 heavy (non-hydrogen) atoms. The standard InChI is InChI=1S/C28H23BO2/c1-30-25-16-10-22(11-17-25)28(23-12-18-26(31-2)19-13-23)27(20-6-4-3-5-7-20)21-8-14-24(29)15-9-21/h3-19H,1-2H3. The quantitative estimate of drug-likeness (QED) is 0.313. The van der Waals surface area contributed by atoms with Crippen molar-refractivity contribution in [3.8, 4) is 11.5 Å². The van der Waals surface area contributed by atoms with Crippen molar-refractivity contribution in [2.45, 2.75) is 0 Å². The Hall–Kier alpha value is -3.72. The van der Waals surface area contributed by atoms with E-state index < -0.39 is 0 Å². The van der Waals surface area contributed by atoms with Crippen molar-refractivity contribution in [2.24, 2.45) is 0 Å². The number of ether oxygens (including phenoxy) is 2. The van der Waals surface area contributed by atoms with Gasteiger partial charge in [-0.2, -0.15) is 0 Å². The van der Waals surface area contributed by atoms with E-state index >= 15 is 0 Å². The molecular formula is C28H23BO2. The maximum absolute atomic E-state index is 5.98. The predicted molar refractivity (Wildman–Crippen MR) is 129 cm³/mol. The fourth-order valence-electron chi connectivity index (χ4n) is 3.68. The van der Waals surface area contributed by atoms with E-state index in [0.717, 1.165) is 50.4 Å². The highest BCUT2D eigenvalue weighted by atomic mass is 16.5. The second kappa shape index (κ2) is 9.40. The lowest BCUT2D eigenvalue weighted by Gasteiger charge is -2.19. The van der Waals surface area contributed by atoms with Gasteiger partial charge in [0.25, 0.3) is 0 Å². The zero-order valence-electron chi connectivity index (χ0n) is 17.7. The van der Waals surface area contributed by atoms with Crippen LogP contribution < -0.4 is 14.9 Å². The van der Waals surface area contributed by atoms with Crippen LogP contribution in [-0.2, 0) is 0 Å². The van der Waals surface area contributed by atoms with Crippen LogP contribution in [0, 0.1) is 0 Å². The smallest absolute Gasteiger partial charge is 0.118 e. The largest absolute Gasteiger partial charge is 0.497 e. The van der Waals surface area contributed by atoms with E-state index in [1.54, 1.807) is 14.2 Å². The molecule has 150 valence electrons. The summed E-state index contributed by atoms with van der Waals surface area (Å²) >= 11 is 0. The van der Waals surface area contributed by atoms with E-state index in [0.29, 0.717) is 0 Å². The highest BCUT2D eigenvalue weighted by molar-refractivity contribution is 6.32. The summed E-state index contributed by atoms with van der Waals surface area (Å²) in [5.74, 6) is 1.65. The summed E-state index contributed by atoms with van der Waals surface area (Å²) in [5.41, 5.74) is 7.43. The first-order chi connectivity index (χ1) is 15.2. The van der Waals surface area contributed by atoms with Crippen LogP contribution in [0.5, 0.6) is 11.5 Å². The lowest BCUT2D eigenvalue weighted by Crippen LogP contribution is -2.02. The van der Waals surface area contributed by atoms with Gasteiger partial charge in [-0.15, -0.1) is 0 Å². The van der Waals surface area contributed by atoms with Crippen molar-refractivity contribution in [2.75, 3.05) is 14.2 Å². The molecule has 0 spiro atoms. The van der Waals surface area contributed by atoms with E-state index in [2.05, 4.69) is 60.7 Å². The minimum absolute atomic E-state index is 0.742. The zero-order chi connectivity index (χ0) is 21.6. The molecule has 0 fully saturated rings. The Balaban J connectivity index is 2.04. The Morgan fingerprint density at radius 2 is 0.839 bits per heavy atom. The minimum atomic E-state index is 0.742. The van der Waals surface area contributed by atoms with Crippen molar-refractivity contribution < 1.29 is 9.47 Å². The van der Waals surface area contributed by atoms with Gasteiger partial charge in [-0.05, 0) is 57.7 Å². The Kier molecular flexibility index (Phi) is 6.23. The van der Waals surface area contributed by atoms with Crippen LogP contribution in [0.15, 0.2) is 103 Å². The van der Waals surface area contributed by atoms with Crippen LogP contribution in [-0.4, -0.2) is 22.1 Å². The van der Waals surface area contributed by atoms with Gasteiger partial charge >= 0.3 is 0 Å². The van der Waals surface area contributed by atoms with E-state index in [9.17, 15) is 0 Å². The van der Waals surface area contributed by atoms with Crippen LogP contribution in [0.4, 0.5) is 0 Å². The molecule has 0 aliphatic carbocycles. The monoisotopic (exact) mass is 402 g/mol. The van der Waals surface area contributed by atoms with Crippen molar-refractivity contribution in [1.82, 2.24) is 0 Å². The molecule has 2 radical (unpaired) electrons. The van der Waals surface area contributed by atoms with Gasteiger partial charge in [0.1, 0.15) is 19.3 Å². The summed E-state index contributed by atoms with van der Waals surface area (Å²) in [4.78, 5) is 0. The molecule has 0 saturated heterocycles. The number of rotatable bonds is 6. The Labute approximate surface area is 185 Å². The van der Waals surface area contributed by atoms with Gasteiger partial charge in [-0.25, -0.2) is 0 Å². The summed E-state index contributed by atoms with van der Waals surface area (Å²) in [5, 5.41) is 0. The lowest BCUT2D eigenvalue weighted by molar-refractivity contribution is 0.414. The van der Waals surface area contributed by atoms with E-state index in [1.165, 1.54) is 0 Å². The van der Waals surface area contributed by atoms with Gasteiger partial charge in [0.05, 0.1) is 14.2 Å². The third-order valence-corrected chi connectivity index (χ3v) is 5.27. The molecule has 2 nitrogen and oxygen atoms in total. The predicted octanol–water partition coefficient (Wildman–Crippen LogP) is 5.51. The fourth-order valence-corrected chi connectivity index (χ4v) is 3.68. The molecule has 3 heteroatoms. The van der Waals surface area contributed by atoms with Crippen molar-refractivity contribution in [1.29, 1.82) is 0 Å². The van der Waals surface area contributed by atoms with Crippen molar-refractivity contribution in [3.05, 3.63) is 125 Å². The van der Waals surface area contributed by atoms with E-state index in [4.69, 9.17) is 17.3 Å². The molecule has 0 heterocycles. The van der Waals surface area contributed by atoms with Gasteiger partial charge in [0, 0.05) is 0 Å². The average molecular weight is 402 g/mol. The summed E-state index contributed by atoms with van der Waals surface area (Å²) in [6, 6.07) is 34.8. The van der Waals surface area contributed by atoms with Crippen LogP contribution in [0.2, 0.25) is 0 Å². The van der Waals surface area contributed by atoms with Crippen LogP contribution >= 0.6 is 0 Å². The molecule has 0 amide bonds. The molecular weight excluding hydrogens is 379 g/mol. The maximum Gasteiger partial charge on any atom is 0.118 e. The molecule has 4 rings (SSSR count). The average Bonchev–Trinajstić information content (AvgIpc) is 2.84. The van der Waals surface area contributed by atoms with Crippen molar-refractivity contribution >= 4 is 24.5 Å². The van der Waals surface area contributed by atoms with Gasteiger partial charge in [-0.1, -0.05) is 84.3 Å². The molecule has 0 atom stereocenters. The van der Waals surface area contributed by atoms with E-state index in [-0.39, 0.29) is 0 Å². The molecule has 0 aliphatic heterocycles. The van der Waals surface area contributed by atoms with Gasteiger partial charge in [0.15, 0.2) is 0 Å². The first-order valence-electron chi connectivity index (χ1n) is 10.1. The number of methoxy groups -OCH3 is 2. The normalized spacial score (nSPS) is 10.4. The molecule has 0 bridgehead atoms. The van der Waals surface area contributed by atoms with Crippen LogP contribution in [0.3, 0.4) is 0 Å². The summed E-state index contributed by atoms with van der Waals surface area (Å²) < 4.78 is 10.8. The van der Waals surface area contributed by atoms with Gasteiger partial charge in [-0.3, -0.25) is 0 Å². The summed E-state index contributed by atoms with van der Waals surface area (Å²) in [6.45, 7) is 0. The topological polar surface area (TPSA) is 18.5 Å². The lowest BCUT2D eigenvalue weighted by atomic mass is 9.84. The first kappa shape index (κ1) is 20.6. The minimum Gasteiger partial charge on any atom is -0.497 e. The van der Waals surface area contributed by atoms with Gasteiger partial charge < -0.3 is 9.47 Å². The zero-order valence-corrected chi connectivity index (χ0v) is 17.7. The van der Waals surface area contributed by atoms with Crippen LogP contribution in [0.1, 0.15) is 22.3 Å². The molecule has 0 aromatic heterocycles. The molecule has 0 unspecified atom stereocenters. The third kappa shape index (κ3) is 4.56. The van der Waals surface area contributed by atoms with E-state index in [1.807, 2.05) is 42.5 Å². The highest BCUT2D eigenvalue weighted by Gasteiger charge is 2.16. The Morgan fingerprint density at radius 1 is 0.484 bits per heavy atom. The molecule has 0 saturated carbocycles. The molecule has 4 aromatic rings. The van der Waals surface area contributed by atoms with Crippen molar-refractivity contribution in [3.63, 3.8) is 0 Å². The third-order valence-electron chi connectivity index (χ3n) is 5.27. The molecule has 0 N–H and O–H groups in total. The Morgan fingerprint density at radius 3 is 1.23 bits per heavy atom. The van der Waals surface area contributed by atoms with Crippen LogP contribution in [0.25, 0.3) is 11.1 Å².